The topological polar surface area (TPSA) is 87.3 Å². The number of likely N-dealkylation sites (tertiary alicyclic amines) is 1. The van der Waals surface area contributed by atoms with E-state index in [1.54, 1.807) is 31.4 Å². The fourth-order valence-electron chi connectivity index (χ4n) is 6.01. The first-order chi connectivity index (χ1) is 19.2. The summed E-state index contributed by atoms with van der Waals surface area (Å²) in [5, 5.41) is 20.8. The van der Waals surface area contributed by atoms with Gasteiger partial charge in [0.25, 0.3) is 5.91 Å². The van der Waals surface area contributed by atoms with Gasteiger partial charge in [-0.3, -0.25) is 9.79 Å². The van der Waals surface area contributed by atoms with Gasteiger partial charge in [-0.25, -0.2) is 4.39 Å². The molecule has 0 aliphatic carbocycles. The zero-order valence-electron chi connectivity index (χ0n) is 22.8. The Bertz CT molecular complexity index is 1610. The molecule has 40 heavy (non-hydrogen) atoms. The second-order valence-corrected chi connectivity index (χ2v) is 11.3. The molecule has 206 valence electrons. The van der Waals surface area contributed by atoms with Crippen LogP contribution in [-0.4, -0.2) is 70.8 Å². The van der Waals surface area contributed by atoms with Crippen LogP contribution in [0.25, 0.3) is 27.7 Å². The Morgan fingerprint density at radius 1 is 1.05 bits per heavy atom. The van der Waals surface area contributed by atoms with Gasteiger partial charge in [0.2, 0.25) is 0 Å². The first-order valence-electron chi connectivity index (χ1n) is 13.4. The maximum absolute atomic E-state index is 14.0. The van der Waals surface area contributed by atoms with Gasteiger partial charge in [0.05, 0.1) is 30.9 Å². The summed E-state index contributed by atoms with van der Waals surface area (Å²) >= 11 is 0. The number of hydrogen-bond acceptors (Lipinski definition) is 5. The van der Waals surface area contributed by atoms with E-state index in [4.69, 9.17) is 4.74 Å². The van der Waals surface area contributed by atoms with Gasteiger partial charge in [0.15, 0.2) is 0 Å². The van der Waals surface area contributed by atoms with Crippen molar-refractivity contribution in [2.45, 2.75) is 38.0 Å². The molecule has 1 fully saturated rings. The first kappa shape index (κ1) is 26.4. The van der Waals surface area contributed by atoms with Crippen LogP contribution in [0.5, 0.6) is 0 Å². The van der Waals surface area contributed by atoms with Crippen LogP contribution in [0.3, 0.4) is 0 Å². The summed E-state index contributed by atoms with van der Waals surface area (Å²) in [6.45, 7) is 5.54. The van der Waals surface area contributed by atoms with Crippen molar-refractivity contribution < 1.29 is 24.1 Å². The summed E-state index contributed by atoms with van der Waals surface area (Å²) in [5.41, 5.74) is 7.03. The van der Waals surface area contributed by atoms with E-state index in [0.29, 0.717) is 18.7 Å². The molecule has 0 saturated carbocycles. The van der Waals surface area contributed by atoms with E-state index in [-0.39, 0.29) is 24.8 Å². The molecule has 2 N–H and O–H groups in total. The van der Waals surface area contributed by atoms with E-state index in [0.717, 1.165) is 44.5 Å². The van der Waals surface area contributed by atoms with Crippen LogP contribution in [0, 0.1) is 5.82 Å². The summed E-state index contributed by atoms with van der Waals surface area (Å²) in [4.78, 5) is 19.0. The quantitative estimate of drug-likeness (QED) is 0.377. The number of methoxy groups -OCH3 is 1. The predicted octanol–water partition coefficient (Wildman–Crippen LogP) is 4.47. The fourth-order valence-corrected chi connectivity index (χ4v) is 6.01. The number of aliphatic hydroxyl groups excluding tert-OH is 2. The zero-order chi connectivity index (χ0) is 28.2. The minimum atomic E-state index is -0.933. The lowest BCUT2D eigenvalue weighted by molar-refractivity contribution is 0.0572. The molecule has 1 amide bonds. The number of nitrogens with zero attached hydrogens (tertiary/aromatic N) is 3. The van der Waals surface area contributed by atoms with Crippen molar-refractivity contribution >= 4 is 23.0 Å². The molecule has 1 aromatic heterocycles. The van der Waals surface area contributed by atoms with E-state index in [2.05, 4.69) is 35.5 Å². The average molecular weight is 542 g/mol. The van der Waals surface area contributed by atoms with E-state index >= 15 is 0 Å². The number of aliphatic hydroxyl groups is 2. The molecule has 0 bridgehead atoms. The van der Waals surface area contributed by atoms with E-state index < -0.39 is 17.6 Å². The van der Waals surface area contributed by atoms with Crippen LogP contribution in [0.1, 0.15) is 41.0 Å². The van der Waals surface area contributed by atoms with Gasteiger partial charge in [-0.2, -0.15) is 0 Å². The van der Waals surface area contributed by atoms with Crippen molar-refractivity contribution in [2.75, 3.05) is 26.8 Å². The van der Waals surface area contributed by atoms with Gasteiger partial charge in [-0.05, 0) is 65.2 Å². The maximum Gasteiger partial charge on any atom is 0.254 e. The van der Waals surface area contributed by atoms with Crippen LogP contribution < -0.4 is 0 Å². The number of ether oxygens (including phenoxy) is 1. The predicted molar refractivity (Wildman–Crippen MR) is 153 cm³/mol. The second kappa shape index (κ2) is 9.96. The minimum Gasteiger partial charge on any atom is -0.388 e. The largest absolute Gasteiger partial charge is 0.388 e. The van der Waals surface area contributed by atoms with E-state index in [9.17, 15) is 19.4 Å². The van der Waals surface area contributed by atoms with Gasteiger partial charge < -0.3 is 24.4 Å². The van der Waals surface area contributed by atoms with Crippen molar-refractivity contribution in [1.29, 1.82) is 0 Å². The Labute approximate surface area is 232 Å². The second-order valence-electron chi connectivity index (χ2n) is 11.3. The van der Waals surface area contributed by atoms with Crippen LogP contribution in [0.2, 0.25) is 0 Å². The third-order valence-corrected chi connectivity index (χ3v) is 7.92. The van der Waals surface area contributed by atoms with Gasteiger partial charge in [-0.1, -0.05) is 26.0 Å². The van der Waals surface area contributed by atoms with Crippen molar-refractivity contribution in [3.8, 4) is 16.8 Å². The number of benzene rings is 3. The number of carbonyl (C=O) groups excluding carboxylic acids is 1. The molecule has 2 aliphatic heterocycles. The summed E-state index contributed by atoms with van der Waals surface area (Å²) in [7, 11) is 1.68. The van der Waals surface area contributed by atoms with Gasteiger partial charge in [-0.15, -0.1) is 0 Å². The summed E-state index contributed by atoms with van der Waals surface area (Å²) in [5.74, 6) is -0.532. The molecule has 0 radical (unpaired) electrons. The van der Waals surface area contributed by atoms with Gasteiger partial charge in [0.1, 0.15) is 5.82 Å². The van der Waals surface area contributed by atoms with Crippen molar-refractivity contribution in [3.05, 3.63) is 88.9 Å². The number of aromatic nitrogens is 1. The van der Waals surface area contributed by atoms with Crippen molar-refractivity contribution in [2.24, 2.45) is 4.99 Å². The van der Waals surface area contributed by atoms with Crippen LogP contribution >= 0.6 is 0 Å². The Balaban J connectivity index is 1.56. The molecule has 6 rings (SSSR count). The first-order valence-corrected chi connectivity index (χ1v) is 13.4. The molecular weight excluding hydrogens is 509 g/mol. The summed E-state index contributed by atoms with van der Waals surface area (Å²) < 4.78 is 21.8. The molecule has 2 aliphatic rings. The number of fused-ring (bicyclic) bond motifs is 2. The Morgan fingerprint density at radius 2 is 1.73 bits per heavy atom. The van der Waals surface area contributed by atoms with E-state index in [1.807, 2.05) is 18.3 Å². The molecule has 4 aromatic rings. The number of amides is 1. The molecular formula is C32H32FN3O4. The van der Waals surface area contributed by atoms with Gasteiger partial charge in [0, 0.05) is 59.7 Å². The third kappa shape index (κ3) is 4.42. The molecule has 8 heteroatoms. The average Bonchev–Trinajstić information content (AvgIpc) is 3.63. The number of halogens is 1. The number of hydrogen-bond donors (Lipinski definition) is 2. The minimum absolute atomic E-state index is 0.107. The Hall–Kier alpha value is -3.85. The number of rotatable bonds is 6. The lowest BCUT2D eigenvalue weighted by Gasteiger charge is -2.28. The highest BCUT2D eigenvalue weighted by Gasteiger charge is 2.34. The molecule has 0 spiro atoms. The summed E-state index contributed by atoms with van der Waals surface area (Å²) in [6, 6.07) is 18.3. The van der Waals surface area contributed by atoms with Crippen molar-refractivity contribution in [3.63, 3.8) is 0 Å². The normalized spacial score (nSPS) is 18.6. The van der Waals surface area contributed by atoms with Crippen LogP contribution in [0.4, 0.5) is 4.39 Å². The molecule has 2 atom stereocenters. The summed E-state index contributed by atoms with van der Waals surface area (Å²) in [6.07, 6.45) is 0.0254. The molecule has 7 nitrogen and oxygen atoms in total. The fraction of sp³-hybridized carbons (Fsp3) is 0.312. The lowest BCUT2D eigenvalue weighted by Crippen LogP contribution is -2.29. The third-order valence-electron chi connectivity index (χ3n) is 7.92. The molecule has 3 heterocycles. The molecule has 3 aromatic carbocycles. The van der Waals surface area contributed by atoms with E-state index in [1.165, 1.54) is 17.0 Å². The monoisotopic (exact) mass is 541 g/mol. The Morgan fingerprint density at radius 3 is 2.38 bits per heavy atom. The van der Waals surface area contributed by atoms with Crippen molar-refractivity contribution in [1.82, 2.24) is 9.47 Å². The molecule has 1 saturated heterocycles. The highest BCUT2D eigenvalue weighted by atomic mass is 19.1. The maximum atomic E-state index is 14.0. The highest BCUT2D eigenvalue weighted by molar-refractivity contribution is 6.04. The number of carbonyl (C=O) groups is 1. The SMILES string of the molecule is COCC(C)(C)c1c(-c2ccc(C(=O)N3C[C@H](O)[C@@H](O)C3)cc2)c2cc3c(cc2n1-c1ccc(F)cc1)C=NC3. The highest BCUT2D eigenvalue weighted by Crippen LogP contribution is 2.44. The number of aliphatic imine (C=N–C) groups is 1. The Kier molecular flexibility index (Phi) is 6.57. The number of β-amino-alcohol motifs (C(OH)–C–C–N with tert-alkyl or cyclic N) is 2. The molecule has 0 unspecified atom stereocenters. The smallest absolute Gasteiger partial charge is 0.254 e. The lowest BCUT2D eigenvalue weighted by atomic mass is 9.84. The van der Waals surface area contributed by atoms with Crippen LogP contribution in [0.15, 0.2) is 65.7 Å². The van der Waals surface area contributed by atoms with Gasteiger partial charge >= 0.3 is 0 Å². The standard InChI is InChI=1S/C32H32FN3O4/c1-32(2,18-40-3)30-29(19-4-6-20(7-5-19)31(39)35-16-27(37)28(38)17-35)25-12-21-14-34-15-22(21)13-26(25)36(30)24-10-8-23(33)9-11-24/h4-13,15,27-28,37-38H,14,16-18H2,1-3H3/t27-,28-/m0/s1. The zero-order valence-corrected chi connectivity index (χ0v) is 22.8. The van der Waals surface area contributed by atoms with Crippen LogP contribution in [-0.2, 0) is 16.7 Å².